The number of hydrogen-bond donors (Lipinski definition) is 0. The van der Waals surface area contributed by atoms with E-state index in [1.54, 1.807) is 0 Å². The SMILES string of the molecule is c1ccc(C2c3ccsc3B3c4sc5c(c4N(c4ccccc4)c4cc(N(c6ccccc6)c6ccccc6)cc2c43)N(c2ccccc2)c2cc(N(c3ccccc3)c3ccccc3)cc3c2B5c2sccc2C3c2ccccc2)cc1. The number of anilines is 12. The maximum atomic E-state index is 2.68. The summed E-state index contributed by atoms with van der Waals surface area (Å²) in [6.07, 6.45) is 0. The van der Waals surface area contributed by atoms with Gasteiger partial charge in [-0.2, -0.15) is 34.0 Å². The van der Waals surface area contributed by atoms with E-state index in [-0.39, 0.29) is 25.3 Å². The molecule has 0 aliphatic carbocycles. The highest BCUT2D eigenvalue weighted by atomic mass is 32.1. The predicted molar refractivity (Wildman–Crippen MR) is 356 cm³/mol. The molecule has 0 bridgehead atoms. The Morgan fingerprint density at radius 1 is 0.301 bits per heavy atom. The normalized spacial score (nSPS) is 14.9. The van der Waals surface area contributed by atoms with Gasteiger partial charge in [0.2, 0.25) is 0 Å². The molecule has 0 radical (unpaired) electrons. The van der Waals surface area contributed by atoms with Gasteiger partial charge in [0.25, 0.3) is 13.4 Å². The number of benzene rings is 10. The first-order valence-corrected chi connectivity index (χ1v) is 31.1. The van der Waals surface area contributed by atoms with E-state index in [4.69, 9.17) is 0 Å². The molecule has 2 atom stereocenters. The molecule has 0 N–H and O–H groups in total. The zero-order valence-corrected chi connectivity index (χ0v) is 47.5. The second-order valence-electron chi connectivity index (χ2n) is 21.9. The van der Waals surface area contributed by atoms with Gasteiger partial charge >= 0.3 is 0 Å². The van der Waals surface area contributed by atoms with Gasteiger partial charge in [0.05, 0.1) is 11.4 Å². The van der Waals surface area contributed by atoms with Crippen LogP contribution in [0.1, 0.15) is 45.2 Å². The summed E-state index contributed by atoms with van der Waals surface area (Å²) in [5, 5.41) is 4.72. The Hall–Kier alpha value is -9.37. The molecule has 10 aromatic carbocycles. The molecule has 17 rings (SSSR count). The molecule has 4 nitrogen and oxygen atoms in total. The molecule has 4 aliphatic rings. The van der Waals surface area contributed by atoms with Crippen LogP contribution >= 0.6 is 34.0 Å². The Morgan fingerprint density at radius 3 is 0.952 bits per heavy atom. The van der Waals surface area contributed by atoms with Crippen molar-refractivity contribution in [2.75, 3.05) is 19.6 Å². The van der Waals surface area contributed by atoms with Crippen molar-refractivity contribution in [2.24, 2.45) is 0 Å². The molecule has 13 aromatic rings. The van der Waals surface area contributed by atoms with Gasteiger partial charge in [0.15, 0.2) is 0 Å². The van der Waals surface area contributed by atoms with E-state index in [1.165, 1.54) is 86.2 Å². The lowest BCUT2D eigenvalue weighted by atomic mass is 9.35. The van der Waals surface area contributed by atoms with Crippen LogP contribution in [0.4, 0.5) is 68.2 Å². The number of hydrogen-bond acceptors (Lipinski definition) is 7. The minimum Gasteiger partial charge on any atom is -0.310 e. The van der Waals surface area contributed by atoms with Crippen molar-refractivity contribution in [3.8, 4) is 0 Å². The maximum Gasteiger partial charge on any atom is 0.272 e. The van der Waals surface area contributed by atoms with Crippen molar-refractivity contribution >= 4 is 146 Å². The topological polar surface area (TPSA) is 13.0 Å². The van der Waals surface area contributed by atoms with Crippen LogP contribution in [0.5, 0.6) is 0 Å². The molecule has 390 valence electrons. The van der Waals surface area contributed by atoms with E-state index >= 15 is 0 Å². The fourth-order valence-electron chi connectivity index (χ4n) is 14.1. The summed E-state index contributed by atoms with van der Waals surface area (Å²) in [7, 11) is 0. The van der Waals surface area contributed by atoms with Crippen molar-refractivity contribution in [2.45, 2.75) is 11.8 Å². The number of para-hydroxylation sites is 6. The van der Waals surface area contributed by atoms with Gasteiger partial charge in [-0.25, -0.2) is 0 Å². The summed E-state index contributed by atoms with van der Waals surface area (Å²) in [5.41, 5.74) is 24.6. The van der Waals surface area contributed by atoms with Crippen molar-refractivity contribution in [3.63, 3.8) is 0 Å². The smallest absolute Gasteiger partial charge is 0.272 e. The van der Waals surface area contributed by atoms with Crippen LogP contribution in [0.2, 0.25) is 0 Å². The Balaban J connectivity index is 1.01. The van der Waals surface area contributed by atoms with Gasteiger partial charge in [-0.15, -0.1) is 0 Å². The maximum absolute atomic E-state index is 2.68. The molecular formula is C74H50B2N4S3. The average molecular weight is 1110 g/mol. The van der Waals surface area contributed by atoms with Crippen molar-refractivity contribution in [1.82, 2.24) is 0 Å². The average Bonchev–Trinajstić information content (AvgIpc) is 2.06. The van der Waals surface area contributed by atoms with Gasteiger partial charge in [-0.3, -0.25) is 0 Å². The standard InChI is InChI=1S/C74H50B2N4S3/c1-9-25-49(26-10-1)65-59-41-43-81-71(59)75-67-61(65)45-57(77(51-29-13-3-14-30-51)52-31-15-4-16-32-52)47-63(67)79(55-37-21-7-22-38-55)69-70-74(83-73(69)75)76-68-62(66(50-27-11-2-12-28-50)60-42-44-82-72(60)76)46-58(48-64(68)80(70)56-39-23-8-24-40-56)78(53-33-17-5-18-34-53)54-35-19-6-20-36-54/h1-48,65-66H. The summed E-state index contributed by atoms with van der Waals surface area (Å²) in [4.78, 5) is 10.3. The third-order valence-corrected chi connectivity index (χ3v) is 20.7. The zero-order valence-electron chi connectivity index (χ0n) is 45.0. The summed E-state index contributed by atoms with van der Waals surface area (Å²) >= 11 is 5.91. The Bertz CT molecular complexity index is 4170. The largest absolute Gasteiger partial charge is 0.310 e. The molecule has 83 heavy (non-hydrogen) atoms. The Morgan fingerprint density at radius 2 is 0.614 bits per heavy atom. The third-order valence-electron chi connectivity index (χ3n) is 17.4. The molecule has 0 amide bonds. The van der Waals surface area contributed by atoms with Gasteiger partial charge in [-0.1, -0.05) is 170 Å². The highest BCUT2D eigenvalue weighted by molar-refractivity contribution is 7.43. The molecule has 0 saturated heterocycles. The number of nitrogens with zero attached hydrogens (tertiary/aromatic N) is 4. The third kappa shape index (κ3) is 7.58. The van der Waals surface area contributed by atoms with Crippen LogP contribution in [0.25, 0.3) is 0 Å². The molecule has 0 spiro atoms. The van der Waals surface area contributed by atoms with Crippen LogP contribution in [0, 0.1) is 0 Å². The van der Waals surface area contributed by atoms with Crippen molar-refractivity contribution < 1.29 is 0 Å². The minimum atomic E-state index is -0.0256. The van der Waals surface area contributed by atoms with Gasteiger partial charge in [0.1, 0.15) is 0 Å². The minimum absolute atomic E-state index is 0.00900. The van der Waals surface area contributed by atoms with Crippen LogP contribution in [-0.2, 0) is 0 Å². The van der Waals surface area contributed by atoms with Gasteiger partial charge in [-0.05, 0) is 174 Å². The summed E-state index contributed by atoms with van der Waals surface area (Å²) in [6, 6.07) is 104. The van der Waals surface area contributed by atoms with E-state index in [0.717, 1.165) is 45.5 Å². The summed E-state index contributed by atoms with van der Waals surface area (Å²) in [5.74, 6) is 0.0180. The highest BCUT2D eigenvalue weighted by Crippen LogP contribution is 2.55. The first-order chi connectivity index (χ1) is 41.2. The number of rotatable bonds is 10. The quantitative estimate of drug-likeness (QED) is 0.127. The predicted octanol–water partition coefficient (Wildman–Crippen LogP) is 16.4. The fraction of sp³-hybridized carbons (Fsp3) is 0.0270. The molecule has 0 saturated carbocycles. The molecule has 0 fully saturated rings. The lowest BCUT2D eigenvalue weighted by Gasteiger charge is -2.44. The van der Waals surface area contributed by atoms with E-state index < -0.39 is 0 Å². The Kier molecular flexibility index (Phi) is 11.5. The molecule has 3 aromatic heterocycles. The van der Waals surface area contributed by atoms with E-state index in [1.807, 2.05) is 22.7 Å². The first-order valence-electron chi connectivity index (χ1n) is 28.5. The second-order valence-corrected chi connectivity index (χ2v) is 24.8. The van der Waals surface area contributed by atoms with E-state index in [2.05, 4.69) is 321 Å². The summed E-state index contributed by atoms with van der Waals surface area (Å²) in [6.45, 7) is -0.0512. The molecule has 9 heteroatoms. The molecular weight excluding hydrogens is 1060 g/mol. The van der Waals surface area contributed by atoms with Crippen LogP contribution in [-0.4, -0.2) is 13.4 Å². The second kappa shape index (κ2) is 19.7. The van der Waals surface area contributed by atoms with Gasteiger partial charge < -0.3 is 19.6 Å². The lowest BCUT2D eigenvalue weighted by molar-refractivity contribution is 0.989. The molecule has 7 heterocycles. The van der Waals surface area contributed by atoms with Crippen LogP contribution in [0.15, 0.2) is 290 Å². The summed E-state index contributed by atoms with van der Waals surface area (Å²) < 4.78 is 5.61. The van der Waals surface area contributed by atoms with Crippen LogP contribution < -0.4 is 49.6 Å². The molecule has 2 unspecified atom stereocenters. The van der Waals surface area contributed by atoms with E-state index in [0.29, 0.717) is 0 Å². The number of thiophene rings is 3. The Labute approximate surface area is 496 Å². The first kappa shape index (κ1) is 48.3. The van der Waals surface area contributed by atoms with E-state index in [9.17, 15) is 0 Å². The number of fused-ring (bicyclic) bond motifs is 9. The van der Waals surface area contributed by atoms with Crippen molar-refractivity contribution in [3.05, 3.63) is 323 Å². The monoisotopic (exact) mass is 1110 g/mol. The molecule has 4 aliphatic heterocycles. The zero-order chi connectivity index (χ0) is 54.5. The van der Waals surface area contributed by atoms with Gasteiger partial charge in [0, 0.05) is 78.3 Å². The fourth-order valence-corrected chi connectivity index (χ4v) is 17.9. The lowest BCUT2D eigenvalue weighted by Crippen LogP contribution is -2.60. The van der Waals surface area contributed by atoms with Crippen molar-refractivity contribution in [1.29, 1.82) is 0 Å². The highest BCUT2D eigenvalue weighted by Gasteiger charge is 2.53. The van der Waals surface area contributed by atoms with Crippen LogP contribution in [0.3, 0.4) is 0 Å².